The van der Waals surface area contributed by atoms with Gasteiger partial charge in [-0.2, -0.15) is 5.26 Å². The Labute approximate surface area is 306 Å². The molecule has 0 fully saturated rings. The maximum absolute atomic E-state index is 15.6. The Hall–Kier alpha value is -7.57. The Bertz CT molecular complexity index is 3120. The molecule has 0 spiro atoms. The molecule has 4 heterocycles. The third-order valence-corrected chi connectivity index (χ3v) is 9.94. The second-order valence-corrected chi connectivity index (χ2v) is 12.9. The van der Waals surface area contributed by atoms with Crippen LogP contribution in [0.4, 0.5) is 8.78 Å². The Morgan fingerprint density at radius 3 is 1.43 bits per heavy atom. The highest BCUT2D eigenvalue weighted by Crippen LogP contribution is 2.42. The molecule has 0 aliphatic heterocycles. The van der Waals surface area contributed by atoms with Crippen LogP contribution >= 0.6 is 0 Å². The summed E-state index contributed by atoms with van der Waals surface area (Å²) in [7, 11) is 0. The largest absolute Gasteiger partial charge is 0.307 e. The molecule has 6 aromatic carbocycles. The lowest BCUT2D eigenvalue weighted by atomic mass is 9.97. The average Bonchev–Trinajstić information content (AvgIpc) is 3.73. The van der Waals surface area contributed by atoms with E-state index in [1.54, 1.807) is 49.1 Å². The predicted octanol–water partition coefficient (Wildman–Crippen LogP) is 10.6. The highest BCUT2D eigenvalue weighted by atomic mass is 19.1. The molecule has 0 amide bonds. The Kier molecular flexibility index (Phi) is 7.10. The molecule has 0 radical (unpaired) electrons. The smallest absolute Gasteiger partial charge is 0.159 e. The molecule has 0 bridgehead atoms. The first-order valence-electron chi connectivity index (χ1n) is 17.2. The standard InChI is InChI=1S/C45H25F2N7/c46-35-10-5-11-36(47)43(35)32-25-42(54-38-13-4-2-9-31(38)34-23-28(15-17-40(34)54)45-51-20-7-21-52-45)41(24-29(32)26-48)53-37-12-3-1-8-30(37)33-22-27(14-16-39(33)53)44-49-18-6-19-50-44/h1-25H. The highest BCUT2D eigenvalue weighted by molar-refractivity contribution is 6.13. The van der Waals surface area contributed by atoms with Crippen LogP contribution in [0.3, 0.4) is 0 Å². The molecule has 0 saturated carbocycles. The molecule has 0 unspecified atom stereocenters. The van der Waals surface area contributed by atoms with E-state index in [-0.39, 0.29) is 16.7 Å². The zero-order chi connectivity index (χ0) is 36.3. The topological polar surface area (TPSA) is 85.2 Å². The number of halogens is 2. The summed E-state index contributed by atoms with van der Waals surface area (Å²) in [4.78, 5) is 17.9. The van der Waals surface area contributed by atoms with Crippen LogP contribution in [-0.4, -0.2) is 29.1 Å². The third-order valence-electron chi connectivity index (χ3n) is 9.94. The van der Waals surface area contributed by atoms with E-state index in [9.17, 15) is 5.26 Å². The van der Waals surface area contributed by atoms with Gasteiger partial charge in [0.05, 0.1) is 50.6 Å². The molecular formula is C45H25F2N7. The molecule has 54 heavy (non-hydrogen) atoms. The summed E-state index contributed by atoms with van der Waals surface area (Å²) in [5, 5.41) is 14.5. The van der Waals surface area contributed by atoms with Gasteiger partial charge < -0.3 is 9.13 Å². The SMILES string of the molecule is N#Cc1cc(-n2c3ccccc3c3cc(-c4ncccn4)ccc32)c(-n2c3ccccc3c3cc(-c4ncccn4)ccc32)cc1-c1c(F)cccc1F. The van der Waals surface area contributed by atoms with Crippen molar-refractivity contribution in [1.82, 2.24) is 29.1 Å². The maximum atomic E-state index is 15.6. The number of hydrogen-bond acceptors (Lipinski definition) is 5. The van der Waals surface area contributed by atoms with Crippen molar-refractivity contribution in [2.24, 2.45) is 0 Å². The number of nitrogens with zero attached hydrogens (tertiary/aromatic N) is 7. The molecule has 0 N–H and O–H groups in total. The van der Waals surface area contributed by atoms with Crippen LogP contribution in [0, 0.1) is 23.0 Å². The van der Waals surface area contributed by atoms with E-state index in [0.717, 1.165) is 54.7 Å². The zero-order valence-electron chi connectivity index (χ0n) is 28.3. The van der Waals surface area contributed by atoms with E-state index in [1.807, 2.05) is 60.7 Å². The molecule has 0 saturated heterocycles. The van der Waals surface area contributed by atoms with Crippen molar-refractivity contribution in [2.45, 2.75) is 0 Å². The first kappa shape index (κ1) is 31.2. The zero-order valence-corrected chi connectivity index (χ0v) is 28.3. The van der Waals surface area contributed by atoms with Gasteiger partial charge in [-0.3, -0.25) is 0 Å². The molecule has 4 aromatic heterocycles. The van der Waals surface area contributed by atoms with Crippen LogP contribution in [0.15, 0.2) is 152 Å². The molecule has 9 heteroatoms. The van der Waals surface area contributed by atoms with Crippen LogP contribution in [0.25, 0.3) is 88.9 Å². The normalized spacial score (nSPS) is 11.5. The van der Waals surface area contributed by atoms with Gasteiger partial charge in [0.1, 0.15) is 11.6 Å². The third kappa shape index (κ3) is 4.78. The van der Waals surface area contributed by atoms with E-state index in [0.29, 0.717) is 23.0 Å². The minimum atomic E-state index is -0.757. The van der Waals surface area contributed by atoms with Crippen molar-refractivity contribution >= 4 is 43.6 Å². The number of aromatic nitrogens is 6. The molecule has 0 atom stereocenters. The monoisotopic (exact) mass is 701 g/mol. The number of benzene rings is 6. The van der Waals surface area contributed by atoms with Crippen molar-refractivity contribution in [3.8, 4) is 51.3 Å². The molecular weight excluding hydrogens is 677 g/mol. The number of fused-ring (bicyclic) bond motifs is 6. The first-order valence-corrected chi connectivity index (χ1v) is 17.2. The van der Waals surface area contributed by atoms with E-state index in [1.165, 1.54) is 18.2 Å². The van der Waals surface area contributed by atoms with Gasteiger partial charge >= 0.3 is 0 Å². The van der Waals surface area contributed by atoms with Crippen molar-refractivity contribution in [2.75, 3.05) is 0 Å². The number of para-hydroxylation sites is 2. The minimum absolute atomic E-state index is 0.127. The van der Waals surface area contributed by atoms with Crippen LogP contribution in [-0.2, 0) is 0 Å². The van der Waals surface area contributed by atoms with Crippen LogP contribution in [0.2, 0.25) is 0 Å². The van der Waals surface area contributed by atoms with Crippen molar-refractivity contribution in [1.29, 1.82) is 5.26 Å². The fourth-order valence-corrected chi connectivity index (χ4v) is 7.63. The van der Waals surface area contributed by atoms with E-state index in [2.05, 4.69) is 59.4 Å². The molecule has 10 rings (SSSR count). The van der Waals surface area contributed by atoms with Gasteiger partial charge in [-0.25, -0.2) is 28.7 Å². The van der Waals surface area contributed by atoms with Crippen LogP contribution < -0.4 is 0 Å². The van der Waals surface area contributed by atoms with Crippen molar-refractivity contribution in [3.63, 3.8) is 0 Å². The molecule has 7 nitrogen and oxygen atoms in total. The predicted molar refractivity (Wildman–Crippen MR) is 207 cm³/mol. The Morgan fingerprint density at radius 2 is 0.926 bits per heavy atom. The highest BCUT2D eigenvalue weighted by Gasteiger charge is 2.25. The summed E-state index contributed by atoms with van der Waals surface area (Å²) in [6.07, 6.45) is 6.85. The Balaban J connectivity index is 1.34. The number of nitriles is 1. The lowest BCUT2D eigenvalue weighted by Crippen LogP contribution is -2.06. The minimum Gasteiger partial charge on any atom is -0.307 e. The van der Waals surface area contributed by atoms with Gasteiger partial charge in [0.25, 0.3) is 0 Å². The second kappa shape index (κ2) is 12.3. The number of hydrogen-bond donors (Lipinski definition) is 0. The van der Waals surface area contributed by atoms with Crippen molar-refractivity contribution < 1.29 is 8.78 Å². The quantitative estimate of drug-likeness (QED) is 0.178. The van der Waals surface area contributed by atoms with Gasteiger partial charge in [0, 0.05) is 63.0 Å². The number of rotatable bonds is 5. The van der Waals surface area contributed by atoms with E-state index >= 15 is 8.78 Å². The summed E-state index contributed by atoms with van der Waals surface area (Å²) in [5.74, 6) is -0.316. The fraction of sp³-hybridized carbons (Fsp3) is 0. The van der Waals surface area contributed by atoms with Crippen molar-refractivity contribution in [3.05, 3.63) is 169 Å². The molecule has 10 aromatic rings. The summed E-state index contributed by atoms with van der Waals surface area (Å²) < 4.78 is 35.5. The summed E-state index contributed by atoms with van der Waals surface area (Å²) >= 11 is 0. The summed E-state index contributed by atoms with van der Waals surface area (Å²) in [5.41, 5.74) is 6.47. The van der Waals surface area contributed by atoms with Crippen LogP contribution in [0.1, 0.15) is 5.56 Å². The van der Waals surface area contributed by atoms with Gasteiger partial charge in [-0.05, 0) is 84.9 Å². The molecule has 254 valence electrons. The fourth-order valence-electron chi connectivity index (χ4n) is 7.63. The summed E-state index contributed by atoms with van der Waals surface area (Å²) in [6.45, 7) is 0. The van der Waals surface area contributed by atoms with Gasteiger partial charge in [-0.15, -0.1) is 0 Å². The van der Waals surface area contributed by atoms with Gasteiger partial charge in [-0.1, -0.05) is 42.5 Å². The van der Waals surface area contributed by atoms with Crippen LogP contribution in [0.5, 0.6) is 0 Å². The van der Waals surface area contributed by atoms with E-state index < -0.39 is 11.6 Å². The maximum Gasteiger partial charge on any atom is 0.159 e. The lowest BCUT2D eigenvalue weighted by molar-refractivity contribution is 0.589. The average molecular weight is 702 g/mol. The van der Waals surface area contributed by atoms with Gasteiger partial charge in [0.15, 0.2) is 11.6 Å². The Morgan fingerprint density at radius 1 is 0.463 bits per heavy atom. The first-order chi connectivity index (χ1) is 26.6. The second-order valence-electron chi connectivity index (χ2n) is 12.9. The molecule has 0 aliphatic carbocycles. The van der Waals surface area contributed by atoms with E-state index in [4.69, 9.17) is 0 Å². The molecule has 0 aliphatic rings. The lowest BCUT2D eigenvalue weighted by Gasteiger charge is -2.20. The van der Waals surface area contributed by atoms with Gasteiger partial charge in [0.2, 0.25) is 0 Å². The summed E-state index contributed by atoms with van der Waals surface area (Å²) in [6, 6.07) is 41.3.